The summed E-state index contributed by atoms with van der Waals surface area (Å²) in [4.78, 5) is 22.1. The lowest BCUT2D eigenvalue weighted by Crippen LogP contribution is -2.34. The van der Waals surface area contributed by atoms with Gasteiger partial charge in [0.15, 0.2) is 0 Å². The van der Waals surface area contributed by atoms with Crippen molar-refractivity contribution in [3.05, 3.63) is 75.8 Å². The zero-order valence-electron chi connectivity index (χ0n) is 14.6. The molecule has 0 saturated carbocycles. The van der Waals surface area contributed by atoms with Gasteiger partial charge in [0.1, 0.15) is 0 Å². The maximum atomic E-state index is 12.1. The highest BCUT2D eigenvalue weighted by Crippen LogP contribution is 2.14. The van der Waals surface area contributed by atoms with Crippen LogP contribution in [0, 0.1) is 17.0 Å². The van der Waals surface area contributed by atoms with Crippen molar-refractivity contribution in [3.8, 4) is 0 Å². The number of non-ortho nitro benzene ring substituents is 1. The van der Waals surface area contributed by atoms with Crippen LogP contribution in [0.3, 0.4) is 0 Å². The third-order valence-corrected chi connectivity index (χ3v) is 5.03. The van der Waals surface area contributed by atoms with Crippen LogP contribution in [0.2, 0.25) is 0 Å². The molecule has 0 saturated heterocycles. The number of benzene rings is 2. The molecule has 0 aromatic heterocycles. The van der Waals surface area contributed by atoms with E-state index in [4.69, 9.17) is 0 Å². The maximum Gasteiger partial charge on any atom is 0.270 e. The van der Waals surface area contributed by atoms with Gasteiger partial charge in [-0.05, 0) is 30.7 Å². The molecule has 0 aliphatic heterocycles. The third-order valence-electron chi connectivity index (χ3n) is 3.56. The molecule has 2 aromatic carbocycles. The largest absolute Gasteiger partial charge is 0.351 e. The van der Waals surface area contributed by atoms with E-state index >= 15 is 0 Å². The number of aryl methyl sites for hydroxylation is 1. The molecule has 27 heavy (non-hydrogen) atoms. The Morgan fingerprint density at radius 1 is 1.15 bits per heavy atom. The summed E-state index contributed by atoms with van der Waals surface area (Å²) in [5.41, 5.74) is 1.40. The minimum Gasteiger partial charge on any atom is -0.351 e. The van der Waals surface area contributed by atoms with Gasteiger partial charge in [0.25, 0.3) is 5.69 Å². The highest BCUT2D eigenvalue weighted by molar-refractivity contribution is 7.89. The Balaban J connectivity index is 1.81. The van der Waals surface area contributed by atoms with Gasteiger partial charge in [-0.1, -0.05) is 29.8 Å². The number of hydrogen-bond donors (Lipinski definition) is 2. The van der Waals surface area contributed by atoms with Crippen molar-refractivity contribution < 1.29 is 18.1 Å². The van der Waals surface area contributed by atoms with Crippen LogP contribution in [-0.2, 0) is 14.8 Å². The Bertz CT molecular complexity index is 953. The summed E-state index contributed by atoms with van der Waals surface area (Å²) >= 11 is 0. The smallest absolute Gasteiger partial charge is 0.270 e. The normalized spacial score (nSPS) is 11.4. The third kappa shape index (κ3) is 6.32. The molecule has 0 fully saturated rings. The van der Waals surface area contributed by atoms with Gasteiger partial charge >= 0.3 is 0 Å². The second-order valence-electron chi connectivity index (χ2n) is 5.69. The van der Waals surface area contributed by atoms with Gasteiger partial charge in [-0.2, -0.15) is 0 Å². The molecule has 0 unspecified atom stereocenters. The molecule has 2 N–H and O–H groups in total. The van der Waals surface area contributed by atoms with E-state index in [1.54, 1.807) is 18.2 Å². The lowest BCUT2D eigenvalue weighted by Gasteiger charge is -2.07. The Morgan fingerprint density at radius 3 is 2.52 bits per heavy atom. The van der Waals surface area contributed by atoms with Crippen LogP contribution in [0.1, 0.15) is 11.1 Å². The summed E-state index contributed by atoms with van der Waals surface area (Å²) in [5, 5.41) is 13.2. The predicted molar refractivity (Wildman–Crippen MR) is 102 cm³/mol. The van der Waals surface area contributed by atoms with E-state index in [-0.39, 0.29) is 23.7 Å². The molecule has 0 aliphatic rings. The van der Waals surface area contributed by atoms with Crippen molar-refractivity contribution in [2.75, 3.05) is 13.1 Å². The lowest BCUT2D eigenvalue weighted by molar-refractivity contribution is -0.384. The molecular weight excluding hydrogens is 370 g/mol. The number of nitro benzene ring substituents is 1. The molecule has 0 atom stereocenters. The van der Waals surface area contributed by atoms with Crippen LogP contribution < -0.4 is 10.0 Å². The summed E-state index contributed by atoms with van der Waals surface area (Å²) in [5.74, 6) is -0.434. The number of nitro groups is 1. The summed E-state index contributed by atoms with van der Waals surface area (Å²) in [7, 11) is -3.63. The predicted octanol–water partition coefficient (Wildman–Crippen LogP) is 2.01. The zero-order chi connectivity index (χ0) is 19.9. The van der Waals surface area contributed by atoms with Crippen LogP contribution >= 0.6 is 0 Å². The van der Waals surface area contributed by atoms with Gasteiger partial charge in [0.05, 0.1) is 9.82 Å². The van der Waals surface area contributed by atoms with Gasteiger partial charge in [0, 0.05) is 31.3 Å². The molecule has 0 heterocycles. The highest BCUT2D eigenvalue weighted by Gasteiger charge is 2.12. The van der Waals surface area contributed by atoms with E-state index in [1.807, 2.05) is 6.92 Å². The lowest BCUT2D eigenvalue weighted by atomic mass is 10.2. The second kappa shape index (κ2) is 9.06. The fourth-order valence-corrected chi connectivity index (χ4v) is 3.18. The van der Waals surface area contributed by atoms with Crippen molar-refractivity contribution in [3.63, 3.8) is 0 Å². The van der Waals surface area contributed by atoms with Crippen LogP contribution in [-0.4, -0.2) is 32.3 Å². The van der Waals surface area contributed by atoms with Crippen LogP contribution in [0.5, 0.6) is 0 Å². The van der Waals surface area contributed by atoms with Crippen molar-refractivity contribution in [2.45, 2.75) is 11.8 Å². The minimum absolute atomic E-state index is 0.0343. The first-order valence-electron chi connectivity index (χ1n) is 8.04. The van der Waals surface area contributed by atoms with Gasteiger partial charge in [-0.3, -0.25) is 14.9 Å². The van der Waals surface area contributed by atoms with E-state index < -0.39 is 20.9 Å². The number of hydrogen-bond acceptors (Lipinski definition) is 5. The molecule has 2 rings (SSSR count). The number of sulfonamides is 1. The van der Waals surface area contributed by atoms with Crippen molar-refractivity contribution in [1.29, 1.82) is 0 Å². The number of carbonyl (C=O) groups excluding carboxylic acids is 1. The molecule has 1 amide bonds. The van der Waals surface area contributed by atoms with Crippen LogP contribution in [0.25, 0.3) is 6.08 Å². The molecule has 0 spiro atoms. The Morgan fingerprint density at radius 2 is 1.85 bits per heavy atom. The monoisotopic (exact) mass is 389 g/mol. The maximum absolute atomic E-state index is 12.1. The summed E-state index contributed by atoms with van der Waals surface area (Å²) in [6.45, 7) is 2.00. The molecule has 9 heteroatoms. The molecule has 0 radical (unpaired) electrons. The van der Waals surface area contributed by atoms with E-state index in [0.29, 0.717) is 5.56 Å². The first-order chi connectivity index (χ1) is 12.8. The number of nitrogens with zero attached hydrogens (tertiary/aromatic N) is 1. The number of rotatable bonds is 8. The first kappa shape index (κ1) is 20.3. The van der Waals surface area contributed by atoms with E-state index in [1.165, 1.54) is 42.5 Å². The molecule has 2 aromatic rings. The number of amides is 1. The average Bonchev–Trinajstić information content (AvgIpc) is 2.64. The van der Waals surface area contributed by atoms with Crippen molar-refractivity contribution in [1.82, 2.24) is 10.0 Å². The molecule has 0 bridgehead atoms. The Labute approximate surface area is 157 Å². The summed E-state index contributed by atoms with van der Waals surface area (Å²) in [6, 6.07) is 12.3. The van der Waals surface area contributed by atoms with Gasteiger partial charge in [0.2, 0.25) is 15.9 Å². The number of nitrogens with one attached hydrogen (secondary N) is 2. The van der Waals surface area contributed by atoms with Crippen LogP contribution in [0.15, 0.2) is 59.5 Å². The molecule has 142 valence electrons. The number of carbonyl (C=O) groups is 1. The zero-order valence-corrected chi connectivity index (χ0v) is 15.4. The highest BCUT2D eigenvalue weighted by atomic mass is 32.2. The molecule has 8 nitrogen and oxygen atoms in total. The second-order valence-corrected chi connectivity index (χ2v) is 7.45. The van der Waals surface area contributed by atoms with E-state index in [9.17, 15) is 23.3 Å². The SMILES string of the molecule is Cc1ccc(S(=O)(=O)NCCNC(=O)C=Cc2cccc([N+](=O)[O-])c2)cc1. The fourth-order valence-electron chi connectivity index (χ4n) is 2.14. The van der Waals surface area contributed by atoms with Crippen molar-refractivity contribution >= 4 is 27.7 Å². The Hall–Kier alpha value is -3.04. The summed E-state index contributed by atoms with van der Waals surface area (Å²) in [6.07, 6.45) is 2.67. The first-order valence-corrected chi connectivity index (χ1v) is 9.53. The van der Waals surface area contributed by atoms with E-state index in [2.05, 4.69) is 10.0 Å². The van der Waals surface area contributed by atoms with Gasteiger partial charge in [-0.25, -0.2) is 13.1 Å². The topological polar surface area (TPSA) is 118 Å². The Kier molecular flexibility index (Phi) is 6.80. The van der Waals surface area contributed by atoms with Crippen molar-refractivity contribution in [2.24, 2.45) is 0 Å². The quantitative estimate of drug-likeness (QED) is 0.310. The van der Waals surface area contributed by atoms with Gasteiger partial charge in [-0.15, -0.1) is 0 Å². The molecule has 0 aliphatic carbocycles. The fraction of sp³-hybridized carbons (Fsp3) is 0.167. The van der Waals surface area contributed by atoms with Crippen LogP contribution in [0.4, 0.5) is 5.69 Å². The van der Waals surface area contributed by atoms with Gasteiger partial charge < -0.3 is 5.32 Å². The minimum atomic E-state index is -3.63. The van der Waals surface area contributed by atoms with E-state index in [0.717, 1.165) is 5.56 Å². The average molecular weight is 389 g/mol. The standard InChI is InChI=1S/C18H19N3O5S/c1-14-5-8-17(9-6-14)27(25,26)20-12-11-19-18(22)10-7-15-3-2-4-16(13-15)21(23)24/h2-10,13,20H,11-12H2,1H3,(H,19,22). The summed E-state index contributed by atoms with van der Waals surface area (Å²) < 4.78 is 26.6. The molecular formula is C18H19N3O5S.